The van der Waals surface area contributed by atoms with Crippen LogP contribution in [0.25, 0.3) is 0 Å². The Morgan fingerprint density at radius 3 is 2.50 bits per heavy atom. The SMILES string of the molecule is CSCC(C)N(C)CC1CC(C(C)C)CCC1N. The molecule has 0 aliphatic heterocycles. The Kier molecular flexibility index (Phi) is 7.04. The van der Waals surface area contributed by atoms with Gasteiger partial charge >= 0.3 is 0 Å². The van der Waals surface area contributed by atoms with Crippen molar-refractivity contribution in [3.05, 3.63) is 0 Å². The van der Waals surface area contributed by atoms with E-state index in [1.54, 1.807) is 0 Å². The number of nitrogens with two attached hydrogens (primary N) is 1. The third-order valence-electron chi connectivity index (χ3n) is 4.71. The summed E-state index contributed by atoms with van der Waals surface area (Å²) >= 11 is 1.93. The number of rotatable bonds is 6. The fraction of sp³-hybridized carbons (Fsp3) is 1.00. The Bertz CT molecular complexity index is 233. The van der Waals surface area contributed by atoms with Crippen LogP contribution in [-0.2, 0) is 0 Å². The van der Waals surface area contributed by atoms with Gasteiger partial charge in [0.25, 0.3) is 0 Å². The van der Waals surface area contributed by atoms with Crippen LogP contribution in [0.3, 0.4) is 0 Å². The Hall–Kier alpha value is 0.270. The zero-order valence-electron chi connectivity index (χ0n) is 12.9. The second-order valence-electron chi connectivity index (χ2n) is 6.49. The maximum Gasteiger partial charge on any atom is 0.0155 e. The van der Waals surface area contributed by atoms with Crippen molar-refractivity contribution in [2.75, 3.05) is 25.6 Å². The molecule has 1 rings (SSSR count). The summed E-state index contributed by atoms with van der Waals surface area (Å²) < 4.78 is 0. The molecule has 0 heterocycles. The maximum absolute atomic E-state index is 6.33. The topological polar surface area (TPSA) is 29.3 Å². The van der Waals surface area contributed by atoms with Crippen molar-refractivity contribution in [3.63, 3.8) is 0 Å². The van der Waals surface area contributed by atoms with Crippen LogP contribution in [0.5, 0.6) is 0 Å². The molecule has 108 valence electrons. The Balaban J connectivity index is 2.47. The van der Waals surface area contributed by atoms with Gasteiger partial charge in [0.05, 0.1) is 0 Å². The summed E-state index contributed by atoms with van der Waals surface area (Å²) in [5, 5.41) is 0. The molecule has 3 heteroatoms. The van der Waals surface area contributed by atoms with Crippen LogP contribution >= 0.6 is 11.8 Å². The molecule has 0 radical (unpaired) electrons. The first-order chi connectivity index (χ1) is 8.45. The summed E-state index contributed by atoms with van der Waals surface area (Å²) in [5.41, 5.74) is 6.33. The van der Waals surface area contributed by atoms with Gasteiger partial charge in [-0.15, -0.1) is 0 Å². The summed E-state index contributed by atoms with van der Waals surface area (Å²) in [7, 11) is 2.26. The molecule has 0 spiro atoms. The van der Waals surface area contributed by atoms with Crippen molar-refractivity contribution < 1.29 is 0 Å². The van der Waals surface area contributed by atoms with Gasteiger partial charge in [0.2, 0.25) is 0 Å². The van der Waals surface area contributed by atoms with Crippen molar-refractivity contribution >= 4 is 11.8 Å². The second-order valence-corrected chi connectivity index (χ2v) is 7.40. The summed E-state index contributed by atoms with van der Waals surface area (Å²) in [6.07, 6.45) is 6.07. The number of nitrogens with zero attached hydrogens (tertiary/aromatic N) is 1. The zero-order valence-corrected chi connectivity index (χ0v) is 13.7. The highest BCUT2D eigenvalue weighted by atomic mass is 32.2. The maximum atomic E-state index is 6.33. The minimum Gasteiger partial charge on any atom is -0.327 e. The van der Waals surface area contributed by atoms with Gasteiger partial charge in [-0.25, -0.2) is 0 Å². The lowest BCUT2D eigenvalue weighted by atomic mass is 9.73. The molecule has 1 aliphatic carbocycles. The Morgan fingerprint density at radius 1 is 1.28 bits per heavy atom. The summed E-state index contributed by atoms with van der Waals surface area (Å²) in [5.74, 6) is 3.61. The average Bonchev–Trinajstić information content (AvgIpc) is 2.31. The minimum absolute atomic E-state index is 0.420. The Labute approximate surface area is 118 Å². The lowest BCUT2D eigenvalue weighted by Crippen LogP contribution is -2.45. The molecule has 2 nitrogen and oxygen atoms in total. The first-order valence-electron chi connectivity index (χ1n) is 7.40. The summed E-state index contributed by atoms with van der Waals surface area (Å²) in [6, 6.07) is 1.08. The van der Waals surface area contributed by atoms with E-state index in [1.165, 1.54) is 31.6 Å². The van der Waals surface area contributed by atoms with Crippen molar-refractivity contribution in [1.29, 1.82) is 0 Å². The lowest BCUT2D eigenvalue weighted by molar-refractivity contribution is 0.137. The minimum atomic E-state index is 0.420. The van der Waals surface area contributed by atoms with Gasteiger partial charge in [0.1, 0.15) is 0 Å². The van der Waals surface area contributed by atoms with Crippen LogP contribution in [0.2, 0.25) is 0 Å². The molecule has 4 unspecified atom stereocenters. The van der Waals surface area contributed by atoms with Crippen molar-refractivity contribution in [2.24, 2.45) is 23.5 Å². The van der Waals surface area contributed by atoms with Gasteiger partial charge in [-0.05, 0) is 57.2 Å². The largest absolute Gasteiger partial charge is 0.327 e. The fourth-order valence-electron chi connectivity index (χ4n) is 3.06. The van der Waals surface area contributed by atoms with Gasteiger partial charge in [-0.3, -0.25) is 0 Å². The van der Waals surface area contributed by atoms with E-state index >= 15 is 0 Å². The van der Waals surface area contributed by atoms with E-state index in [9.17, 15) is 0 Å². The van der Waals surface area contributed by atoms with Gasteiger partial charge < -0.3 is 10.6 Å². The lowest BCUT2D eigenvalue weighted by Gasteiger charge is -2.39. The number of hydrogen-bond acceptors (Lipinski definition) is 3. The highest BCUT2D eigenvalue weighted by Gasteiger charge is 2.30. The second kappa shape index (κ2) is 7.76. The number of thioether (sulfide) groups is 1. The van der Waals surface area contributed by atoms with Crippen LogP contribution in [0.15, 0.2) is 0 Å². The molecule has 18 heavy (non-hydrogen) atoms. The summed E-state index contributed by atoms with van der Waals surface area (Å²) in [4.78, 5) is 2.50. The smallest absolute Gasteiger partial charge is 0.0155 e. The van der Waals surface area contributed by atoms with Gasteiger partial charge in [-0.1, -0.05) is 13.8 Å². The van der Waals surface area contributed by atoms with Crippen molar-refractivity contribution in [2.45, 2.75) is 52.1 Å². The predicted molar refractivity (Wildman–Crippen MR) is 84.1 cm³/mol. The first-order valence-corrected chi connectivity index (χ1v) is 8.79. The Morgan fingerprint density at radius 2 is 1.94 bits per heavy atom. The van der Waals surface area contributed by atoms with Gasteiger partial charge in [0, 0.05) is 24.4 Å². The molecule has 1 saturated carbocycles. The van der Waals surface area contributed by atoms with E-state index in [-0.39, 0.29) is 0 Å². The van der Waals surface area contributed by atoms with E-state index in [2.05, 4.69) is 39.0 Å². The molecule has 0 saturated heterocycles. The fourth-order valence-corrected chi connectivity index (χ4v) is 3.79. The van der Waals surface area contributed by atoms with E-state index in [4.69, 9.17) is 5.73 Å². The standard InChI is InChI=1S/C15H32N2S/c1-11(2)13-6-7-15(16)14(8-13)9-17(4)12(3)10-18-5/h11-15H,6-10,16H2,1-5H3. The van der Waals surface area contributed by atoms with Gasteiger partial charge in [-0.2, -0.15) is 11.8 Å². The highest BCUT2D eigenvalue weighted by molar-refractivity contribution is 7.98. The average molecular weight is 273 g/mol. The van der Waals surface area contributed by atoms with E-state index in [1.807, 2.05) is 11.8 Å². The van der Waals surface area contributed by atoms with Crippen molar-refractivity contribution in [1.82, 2.24) is 4.90 Å². The van der Waals surface area contributed by atoms with E-state index < -0.39 is 0 Å². The molecular weight excluding hydrogens is 240 g/mol. The van der Waals surface area contributed by atoms with Crippen molar-refractivity contribution in [3.8, 4) is 0 Å². The predicted octanol–water partition coefficient (Wildman–Crippen LogP) is 3.07. The number of hydrogen-bond donors (Lipinski definition) is 1. The van der Waals surface area contributed by atoms with Gasteiger partial charge in [0.15, 0.2) is 0 Å². The quantitative estimate of drug-likeness (QED) is 0.806. The van der Waals surface area contributed by atoms with Crippen LogP contribution in [0.1, 0.15) is 40.0 Å². The molecule has 0 bridgehead atoms. The highest BCUT2D eigenvalue weighted by Crippen LogP contribution is 2.33. The molecule has 0 amide bonds. The molecule has 1 aliphatic rings. The van der Waals surface area contributed by atoms with Crippen LogP contribution < -0.4 is 5.73 Å². The normalized spacial score (nSPS) is 31.0. The molecule has 0 aromatic carbocycles. The third kappa shape index (κ3) is 4.75. The van der Waals surface area contributed by atoms with E-state index in [0.29, 0.717) is 18.0 Å². The van der Waals surface area contributed by atoms with Crippen LogP contribution in [0, 0.1) is 17.8 Å². The third-order valence-corrected chi connectivity index (χ3v) is 5.52. The molecule has 2 N–H and O–H groups in total. The summed E-state index contributed by atoms with van der Waals surface area (Å²) in [6.45, 7) is 8.22. The molecule has 0 aromatic rings. The molecule has 4 atom stereocenters. The molecule has 0 aromatic heterocycles. The zero-order chi connectivity index (χ0) is 13.7. The van der Waals surface area contributed by atoms with Crippen LogP contribution in [-0.4, -0.2) is 42.6 Å². The molecular formula is C15H32N2S. The van der Waals surface area contributed by atoms with E-state index in [0.717, 1.165) is 11.8 Å². The first kappa shape index (κ1) is 16.3. The molecule has 1 fully saturated rings. The van der Waals surface area contributed by atoms with Crippen LogP contribution in [0.4, 0.5) is 0 Å². The monoisotopic (exact) mass is 272 g/mol.